The Morgan fingerprint density at radius 1 is 1.03 bits per heavy atom. The molecule has 4 rings (SSSR count). The Kier molecular flexibility index (Phi) is 7.14. The fraction of sp³-hybridized carbons (Fsp3) is 0.375. The van der Waals surface area contributed by atoms with E-state index in [1.54, 1.807) is 6.20 Å². The predicted molar refractivity (Wildman–Crippen MR) is 122 cm³/mol. The Morgan fingerprint density at radius 2 is 1.78 bits per heavy atom. The van der Waals surface area contributed by atoms with Crippen molar-refractivity contribution in [2.75, 3.05) is 26.3 Å². The van der Waals surface area contributed by atoms with Gasteiger partial charge in [-0.15, -0.1) is 0 Å². The molecule has 1 saturated heterocycles. The van der Waals surface area contributed by atoms with Crippen molar-refractivity contribution in [3.05, 3.63) is 76.7 Å². The van der Waals surface area contributed by atoms with Crippen molar-refractivity contribution in [3.8, 4) is 5.82 Å². The average Bonchev–Trinajstić information content (AvgIpc) is 3.16. The summed E-state index contributed by atoms with van der Waals surface area (Å²) in [6.07, 6.45) is 1.77. The van der Waals surface area contributed by atoms with Crippen LogP contribution in [0, 0.1) is 13.8 Å². The van der Waals surface area contributed by atoms with E-state index >= 15 is 0 Å². The van der Waals surface area contributed by atoms with E-state index in [2.05, 4.69) is 37.7 Å². The Labute approximate surface area is 188 Å². The van der Waals surface area contributed by atoms with Gasteiger partial charge in [0.2, 0.25) is 0 Å². The summed E-state index contributed by atoms with van der Waals surface area (Å²) in [6.45, 7) is 9.16. The molecule has 1 aliphatic heterocycles. The van der Waals surface area contributed by atoms with E-state index in [1.165, 1.54) is 5.56 Å². The van der Waals surface area contributed by atoms with Gasteiger partial charge in [-0.2, -0.15) is 5.10 Å². The van der Waals surface area contributed by atoms with Gasteiger partial charge in [0.25, 0.3) is 0 Å². The lowest BCUT2D eigenvalue weighted by atomic mass is 10.1. The second-order valence-electron chi connectivity index (χ2n) is 8.06. The zero-order chi connectivity index (χ0) is 22.3. The second-order valence-corrected chi connectivity index (χ2v) is 8.06. The SMILES string of the molecule is Cc1cc(C)n(-c2ccc(CNC(=O)NCc3ccccc3CN3CCOCC3)cn2)n1. The van der Waals surface area contributed by atoms with E-state index in [-0.39, 0.29) is 6.03 Å². The lowest BCUT2D eigenvalue weighted by Crippen LogP contribution is -2.37. The number of aryl methyl sites for hydroxylation is 2. The van der Waals surface area contributed by atoms with E-state index in [9.17, 15) is 4.79 Å². The van der Waals surface area contributed by atoms with Crippen LogP contribution < -0.4 is 10.6 Å². The Bertz CT molecular complexity index is 1040. The van der Waals surface area contributed by atoms with Crippen molar-refractivity contribution in [1.29, 1.82) is 0 Å². The molecule has 32 heavy (non-hydrogen) atoms. The quantitative estimate of drug-likeness (QED) is 0.597. The molecular formula is C24H30N6O2. The molecule has 1 aliphatic rings. The Hall–Kier alpha value is -3.23. The largest absolute Gasteiger partial charge is 0.379 e. The molecule has 2 amide bonds. The molecule has 0 radical (unpaired) electrons. The van der Waals surface area contributed by atoms with Crippen LogP contribution in [-0.2, 0) is 24.4 Å². The van der Waals surface area contributed by atoms with Gasteiger partial charge >= 0.3 is 6.03 Å². The minimum absolute atomic E-state index is 0.200. The third kappa shape index (κ3) is 5.72. The number of hydrogen-bond acceptors (Lipinski definition) is 5. The standard InChI is InChI=1S/C24H30N6O2/c1-18-13-19(2)30(28-18)23-8-7-20(14-25-23)15-26-24(31)27-16-21-5-3-4-6-22(21)17-29-9-11-32-12-10-29/h3-8,13-14H,9-12,15-17H2,1-2H3,(H2,26,27,31). The van der Waals surface area contributed by atoms with Crippen molar-refractivity contribution < 1.29 is 9.53 Å². The molecule has 168 valence electrons. The van der Waals surface area contributed by atoms with Crippen LogP contribution in [0.3, 0.4) is 0 Å². The predicted octanol–water partition coefficient (Wildman–Crippen LogP) is 2.72. The number of carbonyl (C=O) groups is 1. The molecule has 1 fully saturated rings. The molecule has 8 nitrogen and oxygen atoms in total. The van der Waals surface area contributed by atoms with Crippen LogP contribution >= 0.6 is 0 Å². The highest BCUT2D eigenvalue weighted by Crippen LogP contribution is 2.13. The summed E-state index contributed by atoms with van der Waals surface area (Å²) in [5, 5.41) is 10.3. The van der Waals surface area contributed by atoms with Crippen LogP contribution in [0.2, 0.25) is 0 Å². The minimum Gasteiger partial charge on any atom is -0.379 e. The summed E-state index contributed by atoms with van der Waals surface area (Å²) in [6, 6.07) is 13.9. The number of urea groups is 1. The molecule has 2 N–H and O–H groups in total. The summed E-state index contributed by atoms with van der Waals surface area (Å²) >= 11 is 0. The maximum atomic E-state index is 12.3. The first kappa shape index (κ1) is 22.0. The summed E-state index contributed by atoms with van der Waals surface area (Å²) in [7, 11) is 0. The number of nitrogens with zero attached hydrogens (tertiary/aromatic N) is 4. The van der Waals surface area contributed by atoms with Crippen LogP contribution in [0.25, 0.3) is 5.82 Å². The normalized spacial score (nSPS) is 14.3. The third-order valence-corrected chi connectivity index (χ3v) is 5.54. The number of rotatable bonds is 7. The zero-order valence-corrected chi connectivity index (χ0v) is 18.7. The van der Waals surface area contributed by atoms with Gasteiger partial charge in [0.15, 0.2) is 5.82 Å². The average molecular weight is 435 g/mol. The molecule has 0 bridgehead atoms. The topological polar surface area (TPSA) is 84.3 Å². The first-order valence-corrected chi connectivity index (χ1v) is 11.0. The first-order valence-electron chi connectivity index (χ1n) is 11.0. The van der Waals surface area contributed by atoms with E-state index in [4.69, 9.17) is 4.74 Å². The van der Waals surface area contributed by atoms with Gasteiger partial charge in [-0.3, -0.25) is 4.90 Å². The highest BCUT2D eigenvalue weighted by Gasteiger charge is 2.13. The number of benzene rings is 1. The van der Waals surface area contributed by atoms with E-state index in [0.29, 0.717) is 13.1 Å². The summed E-state index contributed by atoms with van der Waals surface area (Å²) in [5.74, 6) is 0.765. The van der Waals surface area contributed by atoms with Gasteiger partial charge in [-0.25, -0.2) is 14.5 Å². The molecule has 0 atom stereocenters. The first-order chi connectivity index (χ1) is 15.6. The minimum atomic E-state index is -0.200. The third-order valence-electron chi connectivity index (χ3n) is 5.54. The van der Waals surface area contributed by atoms with Crippen LogP contribution in [-0.4, -0.2) is 52.0 Å². The van der Waals surface area contributed by atoms with Crippen LogP contribution in [0.1, 0.15) is 28.1 Å². The number of aromatic nitrogens is 3. The fourth-order valence-electron chi connectivity index (χ4n) is 3.81. The molecule has 1 aromatic carbocycles. The van der Waals surface area contributed by atoms with Crippen molar-refractivity contribution in [2.24, 2.45) is 0 Å². The molecule has 0 unspecified atom stereocenters. The smallest absolute Gasteiger partial charge is 0.315 e. The molecule has 0 spiro atoms. The molecule has 3 aromatic rings. The number of nitrogens with one attached hydrogen (secondary N) is 2. The maximum Gasteiger partial charge on any atom is 0.315 e. The number of morpholine rings is 1. The van der Waals surface area contributed by atoms with E-state index in [0.717, 1.165) is 61.2 Å². The van der Waals surface area contributed by atoms with Crippen LogP contribution in [0.15, 0.2) is 48.7 Å². The molecule has 2 aromatic heterocycles. The van der Waals surface area contributed by atoms with Crippen molar-refractivity contribution in [1.82, 2.24) is 30.3 Å². The second kappa shape index (κ2) is 10.4. The molecule has 8 heteroatoms. The van der Waals surface area contributed by atoms with Gasteiger partial charge in [-0.1, -0.05) is 30.3 Å². The molecule has 0 aliphatic carbocycles. The Balaban J connectivity index is 1.27. The maximum absolute atomic E-state index is 12.3. The van der Waals surface area contributed by atoms with Gasteiger partial charge < -0.3 is 15.4 Å². The highest BCUT2D eigenvalue weighted by molar-refractivity contribution is 5.73. The summed E-state index contributed by atoms with van der Waals surface area (Å²) < 4.78 is 7.24. The summed E-state index contributed by atoms with van der Waals surface area (Å²) in [5.41, 5.74) is 5.29. The summed E-state index contributed by atoms with van der Waals surface area (Å²) in [4.78, 5) is 19.2. The van der Waals surface area contributed by atoms with E-state index < -0.39 is 0 Å². The van der Waals surface area contributed by atoms with E-state index in [1.807, 2.05) is 48.9 Å². The number of amides is 2. The van der Waals surface area contributed by atoms with Crippen molar-refractivity contribution in [2.45, 2.75) is 33.5 Å². The van der Waals surface area contributed by atoms with Crippen LogP contribution in [0.4, 0.5) is 4.79 Å². The van der Waals surface area contributed by atoms with Gasteiger partial charge in [0, 0.05) is 44.6 Å². The van der Waals surface area contributed by atoms with Gasteiger partial charge in [0.1, 0.15) is 0 Å². The number of pyridine rings is 1. The number of ether oxygens (including phenoxy) is 1. The molecular weight excluding hydrogens is 404 g/mol. The molecule has 3 heterocycles. The number of hydrogen-bond donors (Lipinski definition) is 2. The monoisotopic (exact) mass is 434 g/mol. The lowest BCUT2D eigenvalue weighted by Gasteiger charge is -2.27. The molecule has 0 saturated carbocycles. The number of carbonyl (C=O) groups excluding carboxylic acids is 1. The lowest BCUT2D eigenvalue weighted by molar-refractivity contribution is 0.0341. The Morgan fingerprint density at radius 3 is 2.47 bits per heavy atom. The highest BCUT2D eigenvalue weighted by atomic mass is 16.5. The van der Waals surface area contributed by atoms with Crippen molar-refractivity contribution >= 4 is 6.03 Å². The fourth-order valence-corrected chi connectivity index (χ4v) is 3.81. The van der Waals surface area contributed by atoms with Crippen molar-refractivity contribution in [3.63, 3.8) is 0 Å². The van der Waals surface area contributed by atoms with Crippen LogP contribution in [0.5, 0.6) is 0 Å². The van der Waals surface area contributed by atoms with Gasteiger partial charge in [-0.05, 0) is 42.7 Å². The zero-order valence-electron chi connectivity index (χ0n) is 18.7. The van der Waals surface area contributed by atoms with Gasteiger partial charge in [0.05, 0.1) is 18.9 Å².